The summed E-state index contributed by atoms with van der Waals surface area (Å²) in [5.41, 5.74) is 4.35. The molecule has 0 radical (unpaired) electrons. The lowest BCUT2D eigenvalue weighted by Crippen LogP contribution is -2.18. The average molecular weight is 347 g/mol. The van der Waals surface area contributed by atoms with Crippen LogP contribution in [0.5, 0.6) is 0 Å². The van der Waals surface area contributed by atoms with E-state index >= 15 is 0 Å². The highest BCUT2D eigenvalue weighted by Gasteiger charge is 2.17. The average Bonchev–Trinajstić information content (AvgIpc) is 2.89. The lowest BCUT2D eigenvalue weighted by Gasteiger charge is -2.19. The van der Waals surface area contributed by atoms with E-state index in [1.54, 1.807) is 0 Å². The summed E-state index contributed by atoms with van der Waals surface area (Å²) < 4.78 is 2.89. The number of hydrogen-bond acceptors (Lipinski definition) is 1. The summed E-state index contributed by atoms with van der Waals surface area (Å²) in [6.07, 6.45) is 6.57. The first-order valence-corrected chi connectivity index (χ1v) is 8.26. The molecule has 1 aromatic heterocycles. The van der Waals surface area contributed by atoms with E-state index in [0.717, 1.165) is 29.5 Å². The lowest BCUT2D eigenvalue weighted by molar-refractivity contribution is 0.101. The van der Waals surface area contributed by atoms with Crippen molar-refractivity contribution in [2.45, 2.75) is 39.2 Å². The molecule has 2 aromatic rings. The van der Waals surface area contributed by atoms with Crippen LogP contribution in [0.25, 0.3) is 0 Å². The van der Waals surface area contributed by atoms with Crippen molar-refractivity contribution in [3.63, 3.8) is 0 Å². The first-order chi connectivity index (χ1) is 10.2. The van der Waals surface area contributed by atoms with Crippen LogP contribution in [0.4, 0.5) is 5.69 Å². The largest absolute Gasteiger partial charge is 0.343 e. The number of carbonyl (C=O) groups is 1. The van der Waals surface area contributed by atoms with Crippen molar-refractivity contribution in [3.8, 4) is 0 Å². The Bertz CT molecular complexity index is 675. The molecule has 0 atom stereocenters. The number of rotatable bonds is 3. The van der Waals surface area contributed by atoms with Crippen molar-refractivity contribution in [2.75, 3.05) is 5.32 Å². The molecule has 0 fully saturated rings. The van der Waals surface area contributed by atoms with E-state index in [1.807, 2.05) is 35.9 Å². The van der Waals surface area contributed by atoms with Gasteiger partial charge in [0, 0.05) is 22.9 Å². The van der Waals surface area contributed by atoms with Gasteiger partial charge in [0.25, 0.3) is 5.91 Å². The highest BCUT2D eigenvalue weighted by atomic mass is 79.9. The van der Waals surface area contributed by atoms with Crippen molar-refractivity contribution in [3.05, 3.63) is 51.8 Å². The maximum absolute atomic E-state index is 12.5. The van der Waals surface area contributed by atoms with E-state index in [-0.39, 0.29) is 5.91 Å². The minimum Gasteiger partial charge on any atom is -0.343 e. The Labute approximate surface area is 133 Å². The molecule has 1 aromatic carbocycles. The Morgan fingerprint density at radius 3 is 2.95 bits per heavy atom. The number of nitrogens with one attached hydrogen (secondary N) is 1. The number of carbonyl (C=O) groups excluding carboxylic acids is 1. The molecule has 1 aliphatic rings. The second kappa shape index (κ2) is 6.06. The first kappa shape index (κ1) is 14.4. The quantitative estimate of drug-likeness (QED) is 0.877. The summed E-state index contributed by atoms with van der Waals surface area (Å²) in [6, 6.07) is 8.09. The number of benzene rings is 1. The molecule has 1 amide bonds. The molecule has 3 rings (SSSR count). The van der Waals surface area contributed by atoms with Crippen LogP contribution in [-0.4, -0.2) is 10.5 Å². The highest BCUT2D eigenvalue weighted by Crippen LogP contribution is 2.28. The molecule has 110 valence electrons. The summed E-state index contributed by atoms with van der Waals surface area (Å²) in [5, 5.41) is 3.09. The van der Waals surface area contributed by atoms with Crippen LogP contribution < -0.4 is 5.32 Å². The second-order valence-electron chi connectivity index (χ2n) is 5.43. The minimum atomic E-state index is -0.0403. The third kappa shape index (κ3) is 2.91. The zero-order valence-corrected chi connectivity index (χ0v) is 13.7. The summed E-state index contributed by atoms with van der Waals surface area (Å²) >= 11 is 3.44. The summed E-state index contributed by atoms with van der Waals surface area (Å²) in [4.78, 5) is 12.5. The van der Waals surface area contributed by atoms with Gasteiger partial charge in [0.05, 0.1) is 0 Å². The molecule has 0 saturated heterocycles. The molecule has 0 saturated carbocycles. The molecule has 0 bridgehead atoms. The van der Waals surface area contributed by atoms with Crippen LogP contribution in [0.1, 0.15) is 41.4 Å². The van der Waals surface area contributed by atoms with Crippen LogP contribution >= 0.6 is 15.9 Å². The third-order valence-corrected chi connectivity index (χ3v) is 4.51. The van der Waals surface area contributed by atoms with E-state index in [0.29, 0.717) is 5.69 Å². The summed E-state index contributed by atoms with van der Waals surface area (Å²) in [7, 11) is 0. The molecule has 1 N–H and O–H groups in total. The Hall–Kier alpha value is -1.55. The third-order valence-electron chi connectivity index (χ3n) is 4.08. The SMILES string of the molecule is CCn1cc(Br)cc1C(=O)Nc1cccc2c1CCCC2. The molecular weight excluding hydrogens is 328 g/mol. The van der Waals surface area contributed by atoms with E-state index in [9.17, 15) is 4.79 Å². The van der Waals surface area contributed by atoms with Crippen molar-refractivity contribution < 1.29 is 4.79 Å². The monoisotopic (exact) mass is 346 g/mol. The predicted octanol–water partition coefficient (Wildman–Crippen LogP) is 4.40. The van der Waals surface area contributed by atoms with Gasteiger partial charge in [-0.15, -0.1) is 0 Å². The normalized spacial score (nSPS) is 13.8. The van der Waals surface area contributed by atoms with Crippen LogP contribution in [-0.2, 0) is 19.4 Å². The molecule has 21 heavy (non-hydrogen) atoms. The molecule has 0 unspecified atom stereocenters. The van der Waals surface area contributed by atoms with Gasteiger partial charge in [0.15, 0.2) is 0 Å². The van der Waals surface area contributed by atoms with Crippen molar-refractivity contribution in [1.29, 1.82) is 0 Å². The van der Waals surface area contributed by atoms with Gasteiger partial charge in [-0.1, -0.05) is 12.1 Å². The number of aromatic nitrogens is 1. The molecule has 0 aliphatic heterocycles. The Morgan fingerprint density at radius 1 is 1.33 bits per heavy atom. The number of hydrogen-bond donors (Lipinski definition) is 1. The van der Waals surface area contributed by atoms with Gasteiger partial charge in [0.2, 0.25) is 0 Å². The van der Waals surface area contributed by atoms with E-state index in [4.69, 9.17) is 0 Å². The number of fused-ring (bicyclic) bond motifs is 1. The van der Waals surface area contributed by atoms with Gasteiger partial charge in [-0.05, 0) is 71.8 Å². The number of anilines is 1. The summed E-state index contributed by atoms with van der Waals surface area (Å²) in [5.74, 6) is -0.0403. The molecule has 1 heterocycles. The number of nitrogens with zero attached hydrogens (tertiary/aromatic N) is 1. The van der Waals surface area contributed by atoms with Crippen LogP contribution in [0.3, 0.4) is 0 Å². The molecule has 4 heteroatoms. The second-order valence-corrected chi connectivity index (χ2v) is 6.35. The minimum absolute atomic E-state index is 0.0403. The maximum Gasteiger partial charge on any atom is 0.272 e. The molecular formula is C17H19BrN2O. The van der Waals surface area contributed by atoms with Crippen LogP contribution in [0, 0.1) is 0 Å². The fourth-order valence-electron chi connectivity index (χ4n) is 3.01. The number of aryl methyl sites for hydroxylation is 2. The predicted molar refractivity (Wildman–Crippen MR) is 88.8 cm³/mol. The molecule has 0 spiro atoms. The van der Waals surface area contributed by atoms with Crippen molar-refractivity contribution >= 4 is 27.5 Å². The Morgan fingerprint density at radius 2 is 2.14 bits per heavy atom. The van der Waals surface area contributed by atoms with Gasteiger partial charge in [-0.3, -0.25) is 4.79 Å². The zero-order valence-electron chi connectivity index (χ0n) is 12.2. The van der Waals surface area contributed by atoms with Crippen LogP contribution in [0.15, 0.2) is 34.9 Å². The standard InChI is InChI=1S/C17H19BrN2O/c1-2-20-11-13(18)10-16(20)17(21)19-15-9-5-7-12-6-3-4-8-14(12)15/h5,7,9-11H,2-4,6,8H2,1H3,(H,19,21). The smallest absolute Gasteiger partial charge is 0.272 e. The fraction of sp³-hybridized carbons (Fsp3) is 0.353. The van der Waals surface area contributed by atoms with Gasteiger partial charge in [-0.2, -0.15) is 0 Å². The van der Waals surface area contributed by atoms with Gasteiger partial charge in [0.1, 0.15) is 5.69 Å². The van der Waals surface area contributed by atoms with Gasteiger partial charge >= 0.3 is 0 Å². The summed E-state index contributed by atoms with van der Waals surface area (Å²) in [6.45, 7) is 2.81. The van der Waals surface area contributed by atoms with E-state index in [2.05, 4.69) is 27.3 Å². The van der Waals surface area contributed by atoms with Gasteiger partial charge < -0.3 is 9.88 Å². The van der Waals surface area contributed by atoms with Crippen LogP contribution in [0.2, 0.25) is 0 Å². The first-order valence-electron chi connectivity index (χ1n) is 7.47. The maximum atomic E-state index is 12.5. The van der Waals surface area contributed by atoms with E-state index < -0.39 is 0 Å². The molecule has 1 aliphatic carbocycles. The Balaban J connectivity index is 1.88. The molecule has 3 nitrogen and oxygen atoms in total. The topological polar surface area (TPSA) is 34.0 Å². The lowest BCUT2D eigenvalue weighted by atomic mass is 9.90. The fourth-order valence-corrected chi connectivity index (χ4v) is 3.48. The Kier molecular flexibility index (Phi) is 4.15. The van der Waals surface area contributed by atoms with E-state index in [1.165, 1.54) is 24.0 Å². The van der Waals surface area contributed by atoms with Crippen molar-refractivity contribution in [2.24, 2.45) is 0 Å². The highest BCUT2D eigenvalue weighted by molar-refractivity contribution is 9.10. The number of halogens is 1. The van der Waals surface area contributed by atoms with Gasteiger partial charge in [-0.25, -0.2) is 0 Å². The van der Waals surface area contributed by atoms with Crippen molar-refractivity contribution in [1.82, 2.24) is 4.57 Å². The zero-order chi connectivity index (χ0) is 14.8. The number of amides is 1.